The lowest BCUT2D eigenvalue weighted by atomic mass is 9.88. The fourth-order valence-corrected chi connectivity index (χ4v) is 2.08. The van der Waals surface area contributed by atoms with Gasteiger partial charge in [-0.25, -0.2) is 4.79 Å². The van der Waals surface area contributed by atoms with Crippen LogP contribution in [0.2, 0.25) is 0 Å². The fraction of sp³-hybridized carbons (Fsp3) is 0.917. The summed E-state index contributed by atoms with van der Waals surface area (Å²) >= 11 is 0. The Morgan fingerprint density at radius 2 is 1.94 bits per heavy atom. The maximum atomic E-state index is 11.3. The number of rotatable bonds is 4. The van der Waals surface area contributed by atoms with Gasteiger partial charge in [0.05, 0.1) is 6.61 Å². The SMILES string of the molecule is CC(C)(C)OC(=O)NOCC1(CN)CCCC1. The molecule has 1 rings (SSSR count). The molecular weight excluding hydrogens is 220 g/mol. The molecule has 0 bridgehead atoms. The van der Waals surface area contributed by atoms with Gasteiger partial charge in [0, 0.05) is 12.0 Å². The van der Waals surface area contributed by atoms with Gasteiger partial charge in [-0.05, 0) is 33.6 Å². The van der Waals surface area contributed by atoms with Crippen LogP contribution in [0.25, 0.3) is 0 Å². The second-order valence-corrected chi connectivity index (χ2v) is 5.80. The summed E-state index contributed by atoms with van der Waals surface area (Å²) < 4.78 is 5.06. The van der Waals surface area contributed by atoms with Crippen molar-refractivity contribution in [1.29, 1.82) is 0 Å². The normalized spacial score (nSPS) is 19.1. The summed E-state index contributed by atoms with van der Waals surface area (Å²) in [4.78, 5) is 16.6. The molecule has 1 aliphatic carbocycles. The van der Waals surface area contributed by atoms with Crippen LogP contribution in [0, 0.1) is 5.41 Å². The second kappa shape index (κ2) is 5.69. The molecule has 1 fully saturated rings. The molecule has 0 radical (unpaired) electrons. The maximum Gasteiger partial charge on any atom is 0.431 e. The molecule has 1 saturated carbocycles. The van der Waals surface area contributed by atoms with Crippen LogP contribution in [-0.4, -0.2) is 24.8 Å². The van der Waals surface area contributed by atoms with E-state index in [-0.39, 0.29) is 5.41 Å². The summed E-state index contributed by atoms with van der Waals surface area (Å²) in [5.74, 6) is 0. The van der Waals surface area contributed by atoms with Crippen molar-refractivity contribution in [3.05, 3.63) is 0 Å². The minimum atomic E-state index is -0.553. The zero-order valence-corrected chi connectivity index (χ0v) is 11.0. The van der Waals surface area contributed by atoms with E-state index in [2.05, 4.69) is 5.48 Å². The van der Waals surface area contributed by atoms with Crippen LogP contribution in [0.4, 0.5) is 4.79 Å². The molecule has 0 atom stereocenters. The number of nitrogens with one attached hydrogen (secondary N) is 1. The molecule has 0 aromatic rings. The fourth-order valence-electron chi connectivity index (χ4n) is 2.08. The lowest BCUT2D eigenvalue weighted by molar-refractivity contribution is -0.0350. The van der Waals surface area contributed by atoms with Crippen molar-refractivity contribution in [2.45, 2.75) is 52.1 Å². The van der Waals surface area contributed by atoms with E-state index in [0.717, 1.165) is 12.8 Å². The summed E-state index contributed by atoms with van der Waals surface area (Å²) in [5.41, 5.74) is 7.60. The van der Waals surface area contributed by atoms with Gasteiger partial charge in [-0.1, -0.05) is 12.8 Å². The number of carbonyl (C=O) groups is 1. The van der Waals surface area contributed by atoms with E-state index in [1.54, 1.807) is 0 Å². The highest BCUT2D eigenvalue weighted by molar-refractivity contribution is 5.66. The van der Waals surface area contributed by atoms with Crippen LogP contribution in [-0.2, 0) is 9.57 Å². The van der Waals surface area contributed by atoms with E-state index >= 15 is 0 Å². The van der Waals surface area contributed by atoms with Crippen molar-refractivity contribution in [1.82, 2.24) is 5.48 Å². The number of amides is 1. The van der Waals surface area contributed by atoms with Gasteiger partial charge < -0.3 is 10.5 Å². The highest BCUT2D eigenvalue weighted by Gasteiger charge is 2.33. The van der Waals surface area contributed by atoms with Crippen LogP contribution in [0.5, 0.6) is 0 Å². The number of ether oxygens (including phenoxy) is 1. The Bertz CT molecular complexity index is 255. The molecule has 17 heavy (non-hydrogen) atoms. The van der Waals surface area contributed by atoms with Gasteiger partial charge in [0.15, 0.2) is 0 Å². The summed E-state index contributed by atoms with van der Waals surface area (Å²) in [6.45, 7) is 6.49. The number of hydrogen-bond donors (Lipinski definition) is 2. The van der Waals surface area contributed by atoms with E-state index in [1.807, 2.05) is 20.8 Å². The molecular formula is C12H24N2O3. The predicted octanol–water partition coefficient (Wildman–Crippen LogP) is 1.96. The highest BCUT2D eigenvalue weighted by atomic mass is 16.7. The van der Waals surface area contributed by atoms with Crippen LogP contribution in [0.3, 0.4) is 0 Å². The van der Waals surface area contributed by atoms with E-state index in [4.69, 9.17) is 15.3 Å². The van der Waals surface area contributed by atoms with E-state index in [9.17, 15) is 4.79 Å². The summed E-state index contributed by atoms with van der Waals surface area (Å²) in [7, 11) is 0. The smallest absolute Gasteiger partial charge is 0.431 e. The highest BCUT2D eigenvalue weighted by Crippen LogP contribution is 2.36. The van der Waals surface area contributed by atoms with Gasteiger partial charge in [0.2, 0.25) is 0 Å². The van der Waals surface area contributed by atoms with Crippen molar-refractivity contribution in [2.75, 3.05) is 13.2 Å². The molecule has 5 nitrogen and oxygen atoms in total. The first-order valence-corrected chi connectivity index (χ1v) is 6.18. The number of hydrogen-bond acceptors (Lipinski definition) is 4. The lowest BCUT2D eigenvalue weighted by Crippen LogP contribution is -2.38. The summed E-state index contributed by atoms with van der Waals surface area (Å²) in [6.07, 6.45) is 3.96. The zero-order chi connectivity index (χ0) is 12.9. The standard InChI is InChI=1S/C12H24N2O3/c1-11(2,3)17-10(15)14-16-9-12(8-13)6-4-5-7-12/h4-9,13H2,1-3H3,(H,14,15). The Morgan fingerprint density at radius 1 is 1.35 bits per heavy atom. The quantitative estimate of drug-likeness (QED) is 0.741. The molecule has 0 saturated heterocycles. The lowest BCUT2D eigenvalue weighted by Gasteiger charge is -2.26. The van der Waals surface area contributed by atoms with Crippen molar-refractivity contribution in [3.8, 4) is 0 Å². The van der Waals surface area contributed by atoms with E-state index in [1.165, 1.54) is 12.8 Å². The largest absolute Gasteiger partial charge is 0.442 e. The minimum Gasteiger partial charge on any atom is -0.442 e. The molecule has 0 aromatic carbocycles. The molecule has 0 spiro atoms. The van der Waals surface area contributed by atoms with E-state index < -0.39 is 11.7 Å². The third kappa shape index (κ3) is 4.91. The predicted molar refractivity (Wildman–Crippen MR) is 65.3 cm³/mol. The minimum absolute atomic E-state index is 0.0367. The first kappa shape index (κ1) is 14.3. The van der Waals surface area contributed by atoms with Gasteiger partial charge in [0.1, 0.15) is 5.60 Å². The molecule has 5 heteroatoms. The van der Waals surface area contributed by atoms with Crippen molar-refractivity contribution in [2.24, 2.45) is 11.1 Å². The third-order valence-electron chi connectivity index (χ3n) is 3.03. The average Bonchev–Trinajstić information content (AvgIpc) is 2.64. The molecule has 1 amide bonds. The molecule has 0 unspecified atom stereocenters. The Morgan fingerprint density at radius 3 is 2.41 bits per heavy atom. The monoisotopic (exact) mass is 244 g/mol. The molecule has 0 aromatic heterocycles. The van der Waals surface area contributed by atoms with E-state index in [0.29, 0.717) is 13.2 Å². The van der Waals surface area contributed by atoms with Crippen molar-refractivity contribution >= 4 is 6.09 Å². The van der Waals surface area contributed by atoms with Crippen LogP contribution < -0.4 is 11.2 Å². The summed E-state index contributed by atoms with van der Waals surface area (Å²) in [5, 5.41) is 0. The molecule has 3 N–H and O–H groups in total. The van der Waals surface area contributed by atoms with Crippen molar-refractivity contribution in [3.63, 3.8) is 0 Å². The van der Waals surface area contributed by atoms with Gasteiger partial charge in [-0.3, -0.25) is 4.84 Å². The number of carbonyl (C=O) groups excluding carboxylic acids is 1. The maximum absolute atomic E-state index is 11.3. The summed E-state index contributed by atoms with van der Waals surface area (Å²) in [6, 6.07) is 0. The van der Waals surface area contributed by atoms with Crippen LogP contribution in [0.1, 0.15) is 46.5 Å². The number of hydroxylamine groups is 1. The van der Waals surface area contributed by atoms with Gasteiger partial charge in [0.25, 0.3) is 0 Å². The van der Waals surface area contributed by atoms with Gasteiger partial charge in [-0.15, -0.1) is 0 Å². The first-order chi connectivity index (χ1) is 7.87. The van der Waals surface area contributed by atoms with Crippen LogP contribution >= 0.6 is 0 Å². The Balaban J connectivity index is 2.25. The van der Waals surface area contributed by atoms with Gasteiger partial charge in [-0.2, -0.15) is 5.48 Å². The number of nitrogens with two attached hydrogens (primary N) is 1. The second-order valence-electron chi connectivity index (χ2n) is 5.80. The molecule has 1 aliphatic rings. The van der Waals surface area contributed by atoms with Crippen molar-refractivity contribution < 1.29 is 14.4 Å². The Kier molecular flexibility index (Phi) is 4.77. The Hall–Kier alpha value is -0.810. The average molecular weight is 244 g/mol. The topological polar surface area (TPSA) is 73.6 Å². The zero-order valence-electron chi connectivity index (χ0n) is 11.0. The van der Waals surface area contributed by atoms with Crippen LogP contribution in [0.15, 0.2) is 0 Å². The van der Waals surface area contributed by atoms with Gasteiger partial charge >= 0.3 is 6.09 Å². The first-order valence-electron chi connectivity index (χ1n) is 6.18. The molecule has 0 aliphatic heterocycles. The molecule has 0 heterocycles. The molecule has 100 valence electrons. The third-order valence-corrected chi connectivity index (χ3v) is 3.03. The Labute approximate surface area is 103 Å².